The third-order valence-corrected chi connectivity index (χ3v) is 4.77. The Bertz CT molecular complexity index is 651. The van der Waals surface area contributed by atoms with Crippen molar-refractivity contribution in [3.63, 3.8) is 0 Å². The maximum Gasteiger partial charge on any atom is 0.287 e. The van der Waals surface area contributed by atoms with Crippen LogP contribution in [-0.4, -0.2) is 35.1 Å². The van der Waals surface area contributed by atoms with Gasteiger partial charge >= 0.3 is 0 Å². The van der Waals surface area contributed by atoms with Crippen molar-refractivity contribution in [2.45, 2.75) is 38.7 Å². The summed E-state index contributed by atoms with van der Waals surface area (Å²) in [6, 6.07) is 3.70. The Morgan fingerprint density at radius 3 is 2.83 bits per heavy atom. The van der Waals surface area contributed by atoms with Gasteiger partial charge < -0.3 is 9.64 Å². The molecule has 0 aromatic carbocycles. The SMILES string of the molecule is CC(C)c1csc(C(=O)N(C[C@@H]2CCCO2)c2ccncc2)n1. The Hall–Kier alpha value is -1.79. The lowest BCUT2D eigenvalue weighted by Gasteiger charge is -2.24. The summed E-state index contributed by atoms with van der Waals surface area (Å²) in [5.74, 6) is 0.254. The van der Waals surface area contributed by atoms with Gasteiger partial charge in [-0.05, 0) is 30.9 Å². The van der Waals surface area contributed by atoms with Crippen molar-refractivity contribution in [3.8, 4) is 0 Å². The minimum Gasteiger partial charge on any atom is -0.376 e. The number of hydrogen-bond acceptors (Lipinski definition) is 5. The number of thiazole rings is 1. The lowest BCUT2D eigenvalue weighted by molar-refractivity contribution is 0.0917. The molecule has 1 atom stereocenters. The summed E-state index contributed by atoms with van der Waals surface area (Å²) < 4.78 is 5.71. The number of ether oxygens (including phenoxy) is 1. The zero-order valence-electron chi connectivity index (χ0n) is 13.4. The van der Waals surface area contributed by atoms with E-state index in [-0.39, 0.29) is 12.0 Å². The molecule has 1 fully saturated rings. The van der Waals surface area contributed by atoms with Crippen molar-refractivity contribution in [2.75, 3.05) is 18.1 Å². The molecular weight excluding hydrogens is 310 g/mol. The molecule has 23 heavy (non-hydrogen) atoms. The standard InChI is InChI=1S/C17H21N3O2S/c1-12(2)15-11-23-16(19-15)17(21)20(10-14-4-3-9-22-14)13-5-7-18-8-6-13/h5-8,11-12,14H,3-4,9-10H2,1-2H3/t14-/m0/s1. The maximum atomic E-state index is 13.0. The van der Waals surface area contributed by atoms with Gasteiger partial charge in [0.1, 0.15) is 0 Å². The summed E-state index contributed by atoms with van der Waals surface area (Å²) in [5, 5.41) is 2.50. The second kappa shape index (κ2) is 7.19. The normalized spacial score (nSPS) is 17.6. The van der Waals surface area contributed by atoms with Crippen LogP contribution in [-0.2, 0) is 4.74 Å². The zero-order valence-corrected chi connectivity index (χ0v) is 14.3. The first kappa shape index (κ1) is 16.1. The fourth-order valence-corrected chi connectivity index (χ4v) is 3.51. The van der Waals surface area contributed by atoms with Gasteiger partial charge in [-0.2, -0.15) is 0 Å². The van der Waals surface area contributed by atoms with Crippen LogP contribution in [0.15, 0.2) is 29.9 Å². The van der Waals surface area contributed by atoms with E-state index in [1.165, 1.54) is 11.3 Å². The van der Waals surface area contributed by atoms with Gasteiger partial charge in [-0.1, -0.05) is 13.8 Å². The van der Waals surface area contributed by atoms with Crippen LogP contribution in [0.2, 0.25) is 0 Å². The molecule has 0 bridgehead atoms. The summed E-state index contributed by atoms with van der Waals surface area (Å²) in [6.45, 7) is 5.49. The van der Waals surface area contributed by atoms with Crippen molar-refractivity contribution in [2.24, 2.45) is 0 Å². The average molecular weight is 331 g/mol. The fourth-order valence-electron chi connectivity index (χ4n) is 2.59. The van der Waals surface area contributed by atoms with Crippen LogP contribution in [0.1, 0.15) is 48.1 Å². The lowest BCUT2D eigenvalue weighted by Crippen LogP contribution is -2.37. The van der Waals surface area contributed by atoms with Gasteiger partial charge in [0.25, 0.3) is 5.91 Å². The van der Waals surface area contributed by atoms with E-state index in [0.717, 1.165) is 30.8 Å². The molecular formula is C17H21N3O2S. The highest BCUT2D eigenvalue weighted by Gasteiger charge is 2.26. The molecule has 1 amide bonds. The number of nitrogens with zero attached hydrogens (tertiary/aromatic N) is 3. The fraction of sp³-hybridized carbons (Fsp3) is 0.471. The molecule has 5 nitrogen and oxygen atoms in total. The molecule has 2 aromatic heterocycles. The van der Waals surface area contributed by atoms with Gasteiger partial charge in [0.05, 0.1) is 18.3 Å². The summed E-state index contributed by atoms with van der Waals surface area (Å²) >= 11 is 1.41. The molecule has 0 saturated carbocycles. The molecule has 2 aromatic rings. The van der Waals surface area contributed by atoms with E-state index in [9.17, 15) is 4.79 Å². The first-order valence-corrected chi connectivity index (χ1v) is 8.82. The predicted molar refractivity (Wildman–Crippen MR) is 91.1 cm³/mol. The minimum atomic E-state index is -0.0661. The van der Waals surface area contributed by atoms with E-state index >= 15 is 0 Å². The number of carbonyl (C=O) groups excluding carboxylic acids is 1. The number of amides is 1. The Kier molecular flexibility index (Phi) is 5.03. The molecule has 122 valence electrons. The van der Waals surface area contributed by atoms with Crippen LogP contribution < -0.4 is 4.90 Å². The van der Waals surface area contributed by atoms with Crippen LogP contribution in [0, 0.1) is 0 Å². The van der Waals surface area contributed by atoms with E-state index in [1.807, 2.05) is 17.5 Å². The van der Waals surface area contributed by atoms with Crippen LogP contribution in [0.3, 0.4) is 0 Å². The summed E-state index contributed by atoms with van der Waals surface area (Å²) in [4.78, 5) is 23.3. The van der Waals surface area contributed by atoms with Crippen molar-refractivity contribution in [3.05, 3.63) is 40.6 Å². The van der Waals surface area contributed by atoms with Gasteiger partial charge in [-0.15, -0.1) is 11.3 Å². The molecule has 3 heterocycles. The van der Waals surface area contributed by atoms with Gasteiger partial charge in [0.15, 0.2) is 5.01 Å². The topological polar surface area (TPSA) is 55.3 Å². The predicted octanol–water partition coefficient (Wildman–Crippen LogP) is 3.49. The van der Waals surface area contributed by atoms with Crippen molar-refractivity contribution >= 4 is 22.9 Å². The van der Waals surface area contributed by atoms with Gasteiger partial charge in [-0.25, -0.2) is 4.98 Å². The van der Waals surface area contributed by atoms with Crippen molar-refractivity contribution in [1.82, 2.24) is 9.97 Å². The van der Waals surface area contributed by atoms with Gasteiger partial charge in [0, 0.05) is 30.1 Å². The molecule has 1 aliphatic rings. The summed E-state index contributed by atoms with van der Waals surface area (Å²) in [7, 11) is 0. The maximum absolute atomic E-state index is 13.0. The second-order valence-corrected chi connectivity index (χ2v) is 6.85. The molecule has 1 saturated heterocycles. The number of pyridine rings is 1. The monoisotopic (exact) mass is 331 g/mol. The lowest BCUT2D eigenvalue weighted by atomic mass is 10.2. The highest BCUT2D eigenvalue weighted by Crippen LogP contribution is 2.24. The molecule has 6 heteroatoms. The number of hydrogen-bond donors (Lipinski definition) is 0. The zero-order chi connectivity index (χ0) is 16.2. The Labute approximate surface area is 140 Å². The molecule has 3 rings (SSSR count). The molecule has 0 spiro atoms. The molecule has 0 radical (unpaired) electrons. The van der Waals surface area contributed by atoms with Crippen molar-refractivity contribution < 1.29 is 9.53 Å². The Morgan fingerprint density at radius 2 is 2.22 bits per heavy atom. The summed E-state index contributed by atoms with van der Waals surface area (Å²) in [6.07, 6.45) is 5.54. The first-order valence-electron chi connectivity index (χ1n) is 7.94. The average Bonchev–Trinajstić information content (AvgIpc) is 3.24. The molecule has 0 N–H and O–H groups in total. The quantitative estimate of drug-likeness (QED) is 0.841. The third kappa shape index (κ3) is 3.76. The molecule has 0 unspecified atom stereocenters. The van der Waals surface area contributed by atoms with E-state index in [2.05, 4.69) is 23.8 Å². The minimum absolute atomic E-state index is 0.0661. The molecule has 1 aliphatic heterocycles. The smallest absolute Gasteiger partial charge is 0.287 e. The number of rotatable bonds is 5. The van der Waals surface area contributed by atoms with Crippen LogP contribution >= 0.6 is 11.3 Å². The Morgan fingerprint density at radius 1 is 1.43 bits per heavy atom. The number of carbonyl (C=O) groups is 1. The van der Waals surface area contributed by atoms with Gasteiger partial charge in [0.2, 0.25) is 0 Å². The first-order chi connectivity index (χ1) is 11.1. The van der Waals surface area contributed by atoms with Crippen LogP contribution in [0.5, 0.6) is 0 Å². The highest BCUT2D eigenvalue weighted by atomic mass is 32.1. The molecule has 0 aliphatic carbocycles. The van der Waals surface area contributed by atoms with E-state index in [0.29, 0.717) is 17.5 Å². The largest absolute Gasteiger partial charge is 0.376 e. The van der Waals surface area contributed by atoms with E-state index in [4.69, 9.17) is 4.74 Å². The van der Waals surface area contributed by atoms with E-state index < -0.39 is 0 Å². The van der Waals surface area contributed by atoms with E-state index in [1.54, 1.807) is 17.3 Å². The number of anilines is 1. The third-order valence-electron chi connectivity index (χ3n) is 3.93. The van der Waals surface area contributed by atoms with Crippen LogP contribution in [0.25, 0.3) is 0 Å². The second-order valence-electron chi connectivity index (χ2n) is 5.99. The summed E-state index contributed by atoms with van der Waals surface area (Å²) in [5.41, 5.74) is 1.80. The Balaban J connectivity index is 1.85. The number of aromatic nitrogens is 2. The van der Waals surface area contributed by atoms with Crippen molar-refractivity contribution in [1.29, 1.82) is 0 Å². The van der Waals surface area contributed by atoms with Gasteiger partial charge in [-0.3, -0.25) is 9.78 Å². The highest BCUT2D eigenvalue weighted by molar-refractivity contribution is 7.11. The van der Waals surface area contributed by atoms with Crippen LogP contribution in [0.4, 0.5) is 5.69 Å².